The first-order valence-corrected chi connectivity index (χ1v) is 8.23. The van der Waals surface area contributed by atoms with Gasteiger partial charge in [0.15, 0.2) is 5.96 Å². The maximum absolute atomic E-state index is 6.11. The molecule has 0 saturated carbocycles. The molecule has 3 heterocycles. The van der Waals surface area contributed by atoms with Gasteiger partial charge in [-0.15, -0.1) is 5.10 Å². The first kappa shape index (κ1) is 16.2. The first-order valence-electron chi connectivity index (χ1n) is 8.23. The highest BCUT2D eigenvalue weighted by atomic mass is 16.5. The van der Waals surface area contributed by atoms with E-state index in [4.69, 9.17) is 15.2 Å². The third kappa shape index (κ3) is 3.81. The molecule has 2 aliphatic rings. The molecule has 0 aliphatic carbocycles. The number of rotatable bonds is 4. The van der Waals surface area contributed by atoms with Crippen molar-refractivity contribution in [3.05, 3.63) is 11.9 Å². The molecule has 3 rings (SSSR count). The zero-order valence-corrected chi connectivity index (χ0v) is 13.9. The van der Waals surface area contributed by atoms with Crippen molar-refractivity contribution in [3.8, 4) is 0 Å². The van der Waals surface area contributed by atoms with Gasteiger partial charge in [0.1, 0.15) is 17.8 Å². The lowest BCUT2D eigenvalue weighted by atomic mass is 10.0. The maximum Gasteiger partial charge on any atom is 0.191 e. The predicted molar refractivity (Wildman–Crippen MR) is 86.0 cm³/mol. The van der Waals surface area contributed by atoms with Gasteiger partial charge in [0.25, 0.3) is 0 Å². The molecule has 2 fully saturated rings. The highest BCUT2D eigenvalue weighted by Gasteiger charge is 2.30. The van der Waals surface area contributed by atoms with E-state index in [9.17, 15) is 0 Å². The quantitative estimate of drug-likeness (QED) is 0.638. The molecule has 0 spiro atoms. The number of nitrogens with zero attached hydrogens (tertiary/aromatic N) is 5. The number of methoxy groups -OCH3 is 1. The number of aliphatic imine (C=N–C) groups is 1. The van der Waals surface area contributed by atoms with Crippen LogP contribution in [-0.4, -0.2) is 65.4 Å². The second-order valence-electron chi connectivity index (χ2n) is 6.44. The summed E-state index contributed by atoms with van der Waals surface area (Å²) in [6.07, 6.45) is 4.37. The molecule has 0 aromatic carbocycles. The van der Waals surface area contributed by atoms with E-state index in [0.717, 1.165) is 18.8 Å². The Morgan fingerprint density at radius 1 is 1.52 bits per heavy atom. The van der Waals surface area contributed by atoms with Crippen molar-refractivity contribution in [1.82, 2.24) is 19.9 Å². The topological polar surface area (TPSA) is 90.8 Å². The van der Waals surface area contributed by atoms with Gasteiger partial charge in [-0.2, -0.15) is 0 Å². The lowest BCUT2D eigenvalue weighted by Crippen LogP contribution is -2.43. The molecule has 1 aromatic heterocycles. The summed E-state index contributed by atoms with van der Waals surface area (Å²) in [4.78, 5) is 6.63. The number of ether oxygens (including phenoxy) is 2. The van der Waals surface area contributed by atoms with E-state index in [1.54, 1.807) is 7.11 Å². The summed E-state index contributed by atoms with van der Waals surface area (Å²) in [6.45, 7) is 5.86. The van der Waals surface area contributed by atoms with Crippen molar-refractivity contribution in [2.75, 3.05) is 33.4 Å². The van der Waals surface area contributed by atoms with Crippen LogP contribution in [0.3, 0.4) is 0 Å². The highest BCUT2D eigenvalue weighted by Crippen LogP contribution is 2.21. The Morgan fingerprint density at radius 3 is 3.17 bits per heavy atom. The Morgan fingerprint density at radius 2 is 2.39 bits per heavy atom. The van der Waals surface area contributed by atoms with Crippen LogP contribution in [0.5, 0.6) is 0 Å². The first-order chi connectivity index (χ1) is 11.2. The van der Waals surface area contributed by atoms with Crippen molar-refractivity contribution in [3.63, 3.8) is 0 Å². The Labute approximate surface area is 136 Å². The SMILES string of the molecule is CO[C@@H]1COC[C@H]1n1cc(CN=C(N)N2CCCC(C)C2)nn1. The number of hydrogen-bond acceptors (Lipinski definition) is 5. The summed E-state index contributed by atoms with van der Waals surface area (Å²) < 4.78 is 12.7. The second-order valence-corrected chi connectivity index (χ2v) is 6.44. The minimum absolute atomic E-state index is 0.0213. The zero-order chi connectivity index (χ0) is 16.2. The molecule has 0 amide bonds. The van der Waals surface area contributed by atoms with Crippen molar-refractivity contribution >= 4 is 5.96 Å². The fourth-order valence-corrected chi connectivity index (χ4v) is 3.20. The van der Waals surface area contributed by atoms with Gasteiger partial charge < -0.3 is 20.1 Å². The summed E-state index contributed by atoms with van der Waals surface area (Å²) in [5.74, 6) is 1.27. The van der Waals surface area contributed by atoms with E-state index in [1.807, 2.05) is 10.9 Å². The van der Waals surface area contributed by atoms with Gasteiger partial charge in [-0.1, -0.05) is 12.1 Å². The van der Waals surface area contributed by atoms with Crippen LogP contribution in [0, 0.1) is 5.92 Å². The zero-order valence-electron chi connectivity index (χ0n) is 13.9. The van der Waals surface area contributed by atoms with E-state index in [-0.39, 0.29) is 12.1 Å². The van der Waals surface area contributed by atoms with Gasteiger partial charge in [-0.05, 0) is 18.8 Å². The lowest BCUT2D eigenvalue weighted by molar-refractivity contribution is 0.0661. The van der Waals surface area contributed by atoms with Crippen LogP contribution in [0.15, 0.2) is 11.2 Å². The Balaban J connectivity index is 1.59. The van der Waals surface area contributed by atoms with Crippen LogP contribution < -0.4 is 5.73 Å². The molecule has 8 heteroatoms. The Kier molecular flexibility index (Phi) is 5.12. The van der Waals surface area contributed by atoms with E-state index < -0.39 is 0 Å². The van der Waals surface area contributed by atoms with E-state index >= 15 is 0 Å². The molecule has 0 bridgehead atoms. The van der Waals surface area contributed by atoms with Gasteiger partial charge in [-0.25, -0.2) is 9.67 Å². The fraction of sp³-hybridized carbons (Fsp3) is 0.800. The molecule has 2 N–H and O–H groups in total. The molecular weight excluding hydrogens is 296 g/mol. The summed E-state index contributed by atoms with van der Waals surface area (Å²) in [7, 11) is 1.69. The monoisotopic (exact) mass is 322 g/mol. The molecular formula is C15H26N6O2. The van der Waals surface area contributed by atoms with Gasteiger partial charge >= 0.3 is 0 Å². The maximum atomic E-state index is 6.11. The summed E-state index contributed by atoms with van der Waals surface area (Å²) in [5, 5.41) is 8.36. The summed E-state index contributed by atoms with van der Waals surface area (Å²) >= 11 is 0. The number of guanidine groups is 1. The van der Waals surface area contributed by atoms with Gasteiger partial charge in [0, 0.05) is 20.2 Å². The average Bonchev–Trinajstić information content (AvgIpc) is 3.20. The lowest BCUT2D eigenvalue weighted by Gasteiger charge is -2.31. The molecule has 0 radical (unpaired) electrons. The molecule has 23 heavy (non-hydrogen) atoms. The standard InChI is InChI=1S/C15H26N6O2/c1-11-4-3-5-20(7-11)15(16)17-6-12-8-21(19-18-12)13-9-23-10-14(13)22-2/h8,11,13-14H,3-7,9-10H2,1-2H3,(H2,16,17)/t11?,13-,14-/m1/s1. The minimum atomic E-state index is 0.0213. The van der Waals surface area contributed by atoms with Gasteiger partial charge in [0.2, 0.25) is 0 Å². The van der Waals surface area contributed by atoms with Crippen LogP contribution in [-0.2, 0) is 16.0 Å². The van der Waals surface area contributed by atoms with Crippen LogP contribution in [0.4, 0.5) is 0 Å². The minimum Gasteiger partial charge on any atom is -0.377 e. The highest BCUT2D eigenvalue weighted by molar-refractivity contribution is 5.78. The second kappa shape index (κ2) is 7.27. The number of aromatic nitrogens is 3. The predicted octanol–water partition coefficient (Wildman–Crippen LogP) is 0.411. The fourth-order valence-electron chi connectivity index (χ4n) is 3.20. The van der Waals surface area contributed by atoms with Crippen LogP contribution in [0.2, 0.25) is 0 Å². The van der Waals surface area contributed by atoms with E-state index in [1.165, 1.54) is 12.8 Å². The third-order valence-electron chi connectivity index (χ3n) is 4.58. The Hall–Kier alpha value is -1.67. The van der Waals surface area contributed by atoms with Crippen LogP contribution in [0.25, 0.3) is 0 Å². The number of piperidine rings is 1. The average molecular weight is 322 g/mol. The van der Waals surface area contributed by atoms with Crippen molar-refractivity contribution < 1.29 is 9.47 Å². The number of hydrogen-bond donors (Lipinski definition) is 1. The van der Waals surface area contributed by atoms with Crippen molar-refractivity contribution in [2.24, 2.45) is 16.6 Å². The smallest absolute Gasteiger partial charge is 0.191 e. The molecule has 2 aliphatic heterocycles. The molecule has 8 nitrogen and oxygen atoms in total. The molecule has 3 atom stereocenters. The number of likely N-dealkylation sites (tertiary alicyclic amines) is 1. The molecule has 2 saturated heterocycles. The number of nitrogens with two attached hydrogens (primary N) is 1. The van der Waals surface area contributed by atoms with Crippen LogP contribution >= 0.6 is 0 Å². The van der Waals surface area contributed by atoms with E-state index in [0.29, 0.717) is 31.6 Å². The van der Waals surface area contributed by atoms with Crippen LogP contribution in [0.1, 0.15) is 31.5 Å². The van der Waals surface area contributed by atoms with Gasteiger partial charge in [0.05, 0.1) is 26.0 Å². The largest absolute Gasteiger partial charge is 0.377 e. The summed E-state index contributed by atoms with van der Waals surface area (Å²) in [6, 6.07) is 0.0746. The van der Waals surface area contributed by atoms with Crippen molar-refractivity contribution in [1.29, 1.82) is 0 Å². The Bertz CT molecular complexity index is 546. The molecule has 1 aromatic rings. The third-order valence-corrected chi connectivity index (χ3v) is 4.58. The molecule has 1 unspecified atom stereocenters. The normalized spacial score (nSPS) is 29.2. The van der Waals surface area contributed by atoms with E-state index in [2.05, 4.69) is 27.1 Å². The molecule has 128 valence electrons. The van der Waals surface area contributed by atoms with Gasteiger partial charge in [-0.3, -0.25) is 0 Å². The summed E-state index contributed by atoms with van der Waals surface area (Å²) in [5.41, 5.74) is 6.92. The van der Waals surface area contributed by atoms with Crippen molar-refractivity contribution in [2.45, 2.75) is 38.5 Å².